The van der Waals surface area contributed by atoms with E-state index in [-0.39, 0.29) is 33.0 Å². The normalized spacial score (nSPS) is 12.5. The minimum absolute atomic E-state index is 0.0113. The maximum absolute atomic E-state index is 12.4. The molecule has 0 rings (SSSR count). The van der Waals surface area contributed by atoms with Crippen molar-refractivity contribution in [3.05, 3.63) is 12.7 Å². The summed E-state index contributed by atoms with van der Waals surface area (Å²) in [5.74, 6) is -1.08. The summed E-state index contributed by atoms with van der Waals surface area (Å²) in [6.45, 7) is 17.7. The monoisotopic (exact) mass is 505 g/mol. The van der Waals surface area contributed by atoms with Gasteiger partial charge in [0.05, 0.1) is 0 Å². The molecular formula is C22H43NO8Si2. The van der Waals surface area contributed by atoms with Gasteiger partial charge in [0.15, 0.2) is 13.6 Å². The molecule has 11 heteroatoms. The van der Waals surface area contributed by atoms with Crippen LogP contribution in [0, 0.1) is 0 Å². The van der Waals surface area contributed by atoms with Gasteiger partial charge in [-0.05, 0) is 24.9 Å². The Morgan fingerprint density at radius 1 is 0.879 bits per heavy atom. The largest absolute Gasteiger partial charge is 0.445 e. The molecule has 0 radical (unpaired) electrons. The number of carbonyl (C=O) groups is 3. The number of hydrogen-bond donors (Lipinski definition) is 1. The quantitative estimate of drug-likeness (QED) is 0.0739. The molecule has 0 fully saturated rings. The van der Waals surface area contributed by atoms with Gasteiger partial charge in [-0.25, -0.2) is 9.59 Å². The lowest BCUT2D eigenvalue weighted by Gasteiger charge is -2.18. The molecule has 0 spiro atoms. The third-order valence-corrected chi connectivity index (χ3v) is 7.77. The second-order valence-corrected chi connectivity index (χ2v) is 21.4. The molecule has 33 heavy (non-hydrogen) atoms. The minimum atomic E-state index is -1.24. The van der Waals surface area contributed by atoms with Crippen LogP contribution in [0.2, 0.25) is 51.4 Å². The molecule has 0 aromatic heterocycles. The fourth-order valence-corrected chi connectivity index (χ4v) is 3.79. The first-order chi connectivity index (χ1) is 15.3. The summed E-state index contributed by atoms with van der Waals surface area (Å²) in [5.41, 5.74) is 0. The van der Waals surface area contributed by atoms with Gasteiger partial charge in [0.1, 0.15) is 12.6 Å². The number of hydrogen-bond acceptors (Lipinski definition) is 8. The first-order valence-electron chi connectivity index (χ1n) is 11.4. The van der Waals surface area contributed by atoms with E-state index in [1.165, 1.54) is 6.08 Å². The number of carbonyl (C=O) groups excluding carboxylic acids is 3. The Balaban J connectivity index is 4.39. The highest BCUT2D eigenvalue weighted by atomic mass is 28.3. The fourth-order valence-electron chi connectivity index (χ4n) is 2.27. The van der Waals surface area contributed by atoms with Crippen molar-refractivity contribution in [3.63, 3.8) is 0 Å². The summed E-state index contributed by atoms with van der Waals surface area (Å²) in [6, 6.07) is 0.970. The highest BCUT2D eigenvalue weighted by Gasteiger charge is 2.23. The van der Waals surface area contributed by atoms with E-state index in [1.807, 2.05) is 0 Å². The van der Waals surface area contributed by atoms with E-state index in [1.54, 1.807) is 0 Å². The molecule has 0 aliphatic rings. The van der Waals surface area contributed by atoms with Crippen molar-refractivity contribution in [1.29, 1.82) is 0 Å². The van der Waals surface area contributed by atoms with Crippen molar-refractivity contribution in [3.8, 4) is 0 Å². The van der Waals surface area contributed by atoms with Gasteiger partial charge in [-0.15, -0.1) is 0 Å². The second kappa shape index (κ2) is 16.8. The molecule has 1 amide bonds. The summed E-state index contributed by atoms with van der Waals surface area (Å²) < 4.78 is 25.8. The average molecular weight is 506 g/mol. The van der Waals surface area contributed by atoms with Gasteiger partial charge in [-0.2, -0.15) is 0 Å². The van der Waals surface area contributed by atoms with Crippen molar-refractivity contribution in [1.82, 2.24) is 5.32 Å². The van der Waals surface area contributed by atoms with E-state index in [9.17, 15) is 14.4 Å². The highest BCUT2D eigenvalue weighted by Crippen LogP contribution is 2.09. The molecule has 0 aliphatic heterocycles. The zero-order valence-corrected chi connectivity index (χ0v) is 23.2. The van der Waals surface area contributed by atoms with Crippen LogP contribution in [0.15, 0.2) is 12.7 Å². The third-order valence-electron chi connectivity index (χ3n) is 4.36. The van der Waals surface area contributed by atoms with Crippen molar-refractivity contribution in [2.45, 2.75) is 76.7 Å². The van der Waals surface area contributed by atoms with Gasteiger partial charge < -0.3 is 29.0 Å². The van der Waals surface area contributed by atoms with Gasteiger partial charge in [0.2, 0.25) is 0 Å². The molecular weight excluding hydrogens is 462 g/mol. The first-order valence-corrected chi connectivity index (χ1v) is 18.8. The molecule has 1 atom stereocenters. The lowest BCUT2D eigenvalue weighted by atomic mass is 10.1. The van der Waals surface area contributed by atoms with Crippen molar-refractivity contribution >= 4 is 34.2 Å². The zero-order chi connectivity index (χ0) is 25.3. The van der Waals surface area contributed by atoms with E-state index < -0.39 is 40.2 Å². The summed E-state index contributed by atoms with van der Waals surface area (Å²) in [6.07, 6.45) is 1.22. The predicted molar refractivity (Wildman–Crippen MR) is 132 cm³/mol. The molecule has 0 saturated carbocycles. The van der Waals surface area contributed by atoms with Crippen LogP contribution < -0.4 is 5.32 Å². The van der Waals surface area contributed by atoms with Crippen LogP contribution in [0.3, 0.4) is 0 Å². The van der Waals surface area contributed by atoms with Crippen molar-refractivity contribution in [2.24, 2.45) is 0 Å². The number of alkyl carbamates (subject to hydrolysis) is 1. The molecule has 0 bridgehead atoms. The summed E-state index contributed by atoms with van der Waals surface area (Å²) in [4.78, 5) is 36.1. The molecule has 1 unspecified atom stereocenters. The molecule has 0 heterocycles. The van der Waals surface area contributed by atoms with E-state index in [4.69, 9.17) is 23.7 Å². The minimum Gasteiger partial charge on any atom is -0.445 e. The Bertz CT molecular complexity index is 602. The second-order valence-electron chi connectivity index (χ2n) is 10.1. The van der Waals surface area contributed by atoms with Crippen LogP contribution in [0.1, 0.15) is 19.3 Å². The highest BCUT2D eigenvalue weighted by molar-refractivity contribution is 6.76. The van der Waals surface area contributed by atoms with Gasteiger partial charge >= 0.3 is 18.0 Å². The molecule has 0 saturated heterocycles. The predicted octanol–water partition coefficient (Wildman–Crippen LogP) is 4.15. The van der Waals surface area contributed by atoms with Gasteiger partial charge in [-0.1, -0.05) is 51.9 Å². The van der Waals surface area contributed by atoms with Crippen LogP contribution in [-0.2, 0) is 33.3 Å². The molecule has 0 aromatic rings. The van der Waals surface area contributed by atoms with Gasteiger partial charge in [-0.3, -0.25) is 4.79 Å². The summed E-state index contributed by atoms with van der Waals surface area (Å²) in [5, 5.41) is 2.46. The molecule has 0 aromatic carbocycles. The number of ether oxygens (including phenoxy) is 5. The van der Waals surface area contributed by atoms with Crippen LogP contribution in [0.4, 0.5) is 4.79 Å². The van der Waals surface area contributed by atoms with Crippen molar-refractivity contribution in [2.75, 3.05) is 33.4 Å². The maximum Gasteiger partial charge on any atom is 0.408 e. The topological polar surface area (TPSA) is 109 Å². The van der Waals surface area contributed by atoms with Crippen LogP contribution in [0.25, 0.3) is 0 Å². The fraction of sp³-hybridized carbons (Fsp3) is 0.773. The SMILES string of the molecule is C=CCOC(=O)NC(CCCC(=O)OCOCC[Si](C)(C)C)C(=O)OCOCC[Si](C)(C)C. The zero-order valence-electron chi connectivity index (χ0n) is 21.2. The standard InChI is InChI=1S/C22H43NO8Si2/c1-8-12-29-22(26)23-19(21(25)31-18-28-14-16-33(5,6)7)10-9-11-20(24)30-17-27-13-15-32(2,3)4/h8,19H,1,9-18H2,2-7H3,(H,23,26). The lowest BCUT2D eigenvalue weighted by Crippen LogP contribution is -2.42. The van der Waals surface area contributed by atoms with Gasteiger partial charge in [0, 0.05) is 35.8 Å². The molecule has 192 valence electrons. The van der Waals surface area contributed by atoms with Crippen LogP contribution in [-0.4, -0.2) is 73.6 Å². The summed E-state index contributed by atoms with van der Waals surface area (Å²) >= 11 is 0. The molecule has 1 N–H and O–H groups in total. The first kappa shape index (κ1) is 31.3. The number of amides is 1. The van der Waals surface area contributed by atoms with E-state index in [0.29, 0.717) is 19.6 Å². The Morgan fingerprint density at radius 3 is 1.94 bits per heavy atom. The summed E-state index contributed by atoms with van der Waals surface area (Å²) in [7, 11) is -2.43. The number of nitrogens with one attached hydrogen (secondary N) is 1. The Labute approximate surface area is 200 Å². The smallest absolute Gasteiger partial charge is 0.408 e. The third kappa shape index (κ3) is 20.6. The molecule has 9 nitrogen and oxygen atoms in total. The number of esters is 2. The Morgan fingerprint density at radius 2 is 1.42 bits per heavy atom. The average Bonchev–Trinajstić information content (AvgIpc) is 2.69. The maximum atomic E-state index is 12.4. The Hall–Kier alpha value is -1.70. The lowest BCUT2D eigenvalue weighted by molar-refractivity contribution is -0.160. The molecule has 0 aliphatic carbocycles. The van der Waals surface area contributed by atoms with E-state index in [0.717, 1.165) is 12.1 Å². The van der Waals surface area contributed by atoms with Gasteiger partial charge in [0.25, 0.3) is 0 Å². The Kier molecular flexibility index (Phi) is 16.0. The number of rotatable bonds is 18. The van der Waals surface area contributed by atoms with Crippen molar-refractivity contribution < 1.29 is 38.1 Å². The van der Waals surface area contributed by atoms with E-state index >= 15 is 0 Å². The van der Waals surface area contributed by atoms with Crippen LogP contribution in [0.5, 0.6) is 0 Å². The van der Waals surface area contributed by atoms with Crippen LogP contribution >= 0.6 is 0 Å². The van der Waals surface area contributed by atoms with E-state index in [2.05, 4.69) is 51.2 Å².